The van der Waals surface area contributed by atoms with Gasteiger partial charge in [0.15, 0.2) is 5.79 Å². The summed E-state index contributed by atoms with van der Waals surface area (Å²) in [5.74, 6) is -8.23. The summed E-state index contributed by atoms with van der Waals surface area (Å²) in [5.41, 5.74) is 0. The van der Waals surface area contributed by atoms with Crippen LogP contribution >= 0.6 is 0 Å². The van der Waals surface area contributed by atoms with Crippen molar-refractivity contribution in [3.05, 3.63) is 0 Å². The van der Waals surface area contributed by atoms with Gasteiger partial charge in [-0.3, -0.25) is 0 Å². The van der Waals surface area contributed by atoms with Crippen LogP contribution in [0.25, 0.3) is 0 Å². The van der Waals surface area contributed by atoms with E-state index in [4.69, 9.17) is 0 Å². The van der Waals surface area contributed by atoms with Crippen molar-refractivity contribution >= 4 is 8.41 Å². The van der Waals surface area contributed by atoms with Gasteiger partial charge in [0.1, 0.15) is 0 Å². The minimum absolute atomic E-state index is 0.619. The normalized spacial score (nSPS) is 16.8. The third kappa shape index (κ3) is 2.39. The van der Waals surface area contributed by atoms with Crippen molar-refractivity contribution in [1.82, 2.24) is 0 Å². The quantitative estimate of drug-likeness (QED) is 0.381. The van der Waals surface area contributed by atoms with Gasteiger partial charge >= 0.3 is 12.3 Å². The Hall–Kier alpha value is -0.203. The van der Waals surface area contributed by atoms with Gasteiger partial charge in [-0.05, 0) is 13.1 Å². The zero-order valence-corrected chi connectivity index (χ0v) is 7.42. The molecule has 0 aromatic heterocycles. The maximum atomic E-state index is 12.6. The molecule has 0 radical (unpaired) electrons. The van der Waals surface area contributed by atoms with E-state index in [0.29, 0.717) is 13.1 Å². The molecular formula is C5H8F6Si. The van der Waals surface area contributed by atoms with Crippen molar-refractivity contribution < 1.29 is 26.1 Å². The topological polar surface area (TPSA) is 0 Å². The smallest absolute Gasteiger partial charge is 0.311 e. The highest BCUT2D eigenvalue weighted by Crippen LogP contribution is 2.34. The van der Waals surface area contributed by atoms with Gasteiger partial charge < -0.3 is 4.11 Å². The van der Waals surface area contributed by atoms with Crippen LogP contribution in [0.2, 0.25) is 13.1 Å². The van der Waals surface area contributed by atoms with Crippen LogP contribution in [0.5, 0.6) is 0 Å². The van der Waals surface area contributed by atoms with Gasteiger partial charge in [0.25, 0.3) is 8.41 Å². The largest absolute Gasteiger partial charge is 0.337 e. The molecule has 0 spiro atoms. The van der Waals surface area contributed by atoms with Gasteiger partial charge in [0, 0.05) is 0 Å². The second-order valence-electron chi connectivity index (χ2n) is 2.90. The highest BCUT2D eigenvalue weighted by atomic mass is 28.4. The molecule has 74 valence electrons. The molecule has 0 heterocycles. The summed E-state index contributed by atoms with van der Waals surface area (Å²) in [6, 6.07) is 0. The molecule has 0 aliphatic heterocycles. The average molecular weight is 210 g/mol. The first-order chi connectivity index (χ1) is 5.10. The van der Waals surface area contributed by atoms with Crippen LogP contribution in [0.4, 0.5) is 26.1 Å². The molecule has 0 nitrogen and oxygen atoms in total. The lowest BCUT2D eigenvalue weighted by Crippen LogP contribution is -2.50. The molecule has 7 heteroatoms. The van der Waals surface area contributed by atoms with Crippen molar-refractivity contribution in [3.63, 3.8) is 0 Å². The Kier molecular flexibility index (Phi) is 3.22. The molecule has 0 fully saturated rings. The van der Waals surface area contributed by atoms with Crippen molar-refractivity contribution in [2.24, 2.45) is 0 Å². The van der Waals surface area contributed by atoms with Crippen LogP contribution in [0.1, 0.15) is 0 Å². The van der Waals surface area contributed by atoms with Gasteiger partial charge in [-0.1, -0.05) is 0 Å². The lowest BCUT2D eigenvalue weighted by molar-refractivity contribution is -0.154. The third-order valence-electron chi connectivity index (χ3n) is 1.23. The summed E-state index contributed by atoms with van der Waals surface area (Å²) in [7, 11) is -4.36. The average Bonchev–Trinajstić information content (AvgIpc) is 1.83. The van der Waals surface area contributed by atoms with Crippen molar-refractivity contribution in [3.8, 4) is 0 Å². The van der Waals surface area contributed by atoms with E-state index >= 15 is 0 Å². The SMILES string of the molecule is C[Si](C)(F)C(F)C(F)(F)C(F)F. The Morgan fingerprint density at radius 2 is 1.42 bits per heavy atom. The highest BCUT2D eigenvalue weighted by Gasteiger charge is 2.57. The Labute approximate surface area is 66.7 Å². The molecule has 12 heavy (non-hydrogen) atoms. The lowest BCUT2D eigenvalue weighted by Gasteiger charge is -2.24. The fourth-order valence-corrected chi connectivity index (χ4v) is 1.61. The summed E-state index contributed by atoms with van der Waals surface area (Å²) in [6.45, 7) is 1.24. The number of rotatable bonds is 3. The first-order valence-electron chi connectivity index (χ1n) is 3.09. The first kappa shape index (κ1) is 11.8. The van der Waals surface area contributed by atoms with E-state index in [0.717, 1.165) is 0 Å². The van der Waals surface area contributed by atoms with Crippen LogP contribution in [0.15, 0.2) is 0 Å². The van der Waals surface area contributed by atoms with Crippen LogP contribution in [0, 0.1) is 0 Å². The monoisotopic (exact) mass is 210 g/mol. The molecule has 0 amide bonds. The molecule has 0 aromatic rings. The fraction of sp³-hybridized carbons (Fsp3) is 1.00. The molecule has 0 aliphatic carbocycles. The molecule has 0 saturated heterocycles. The molecule has 0 rings (SSSR count). The van der Waals surface area contributed by atoms with Crippen molar-refractivity contribution in [2.75, 3.05) is 0 Å². The predicted octanol–water partition coefficient (Wildman–Crippen LogP) is 2.94. The van der Waals surface area contributed by atoms with E-state index < -0.39 is 26.6 Å². The van der Waals surface area contributed by atoms with Gasteiger partial charge in [-0.15, -0.1) is 0 Å². The Morgan fingerprint density at radius 3 is 1.50 bits per heavy atom. The summed E-state index contributed by atoms with van der Waals surface area (Å²) in [4.78, 5) is 0. The minimum Gasteiger partial charge on any atom is -0.311 e. The van der Waals surface area contributed by atoms with Crippen LogP contribution in [0.3, 0.4) is 0 Å². The number of alkyl halides is 5. The number of halogens is 6. The van der Waals surface area contributed by atoms with Gasteiger partial charge in [0.2, 0.25) is 0 Å². The van der Waals surface area contributed by atoms with Gasteiger partial charge in [0.05, 0.1) is 0 Å². The molecule has 0 aliphatic rings. The zero-order valence-electron chi connectivity index (χ0n) is 6.42. The molecule has 0 N–H and O–H groups in total. The van der Waals surface area contributed by atoms with Crippen LogP contribution < -0.4 is 0 Å². The third-order valence-corrected chi connectivity index (χ3v) is 2.82. The standard InChI is InChI=1S/C5H8F6Si/c1-12(2,11)4(8)5(9,10)3(6)7/h3-4H,1-2H3. The van der Waals surface area contributed by atoms with E-state index in [-0.39, 0.29) is 0 Å². The number of hydrogen-bond donors (Lipinski definition) is 0. The first-order valence-corrected chi connectivity index (χ1v) is 6.04. The Bertz CT molecular complexity index is 151. The van der Waals surface area contributed by atoms with Crippen molar-refractivity contribution in [2.45, 2.75) is 31.2 Å². The number of hydrogen-bond acceptors (Lipinski definition) is 0. The maximum Gasteiger partial charge on any atom is 0.337 e. The minimum atomic E-state index is -4.87. The van der Waals surface area contributed by atoms with E-state index in [1.165, 1.54) is 0 Å². The maximum absolute atomic E-state index is 12.6. The molecule has 0 aromatic carbocycles. The predicted molar refractivity (Wildman–Crippen MR) is 34.4 cm³/mol. The Morgan fingerprint density at radius 1 is 1.08 bits per heavy atom. The summed E-state index contributed by atoms with van der Waals surface area (Å²) < 4.78 is 72.1. The van der Waals surface area contributed by atoms with E-state index in [9.17, 15) is 26.1 Å². The summed E-state index contributed by atoms with van der Waals surface area (Å²) >= 11 is 0. The van der Waals surface area contributed by atoms with Gasteiger partial charge in [-0.25, -0.2) is 13.2 Å². The zero-order chi connectivity index (χ0) is 10.2. The highest BCUT2D eigenvalue weighted by molar-refractivity contribution is 6.72. The second kappa shape index (κ2) is 3.27. The second-order valence-corrected chi connectivity index (χ2v) is 6.54. The van der Waals surface area contributed by atoms with E-state index in [1.807, 2.05) is 0 Å². The molecular weight excluding hydrogens is 202 g/mol. The fourth-order valence-electron chi connectivity index (χ4n) is 0.568. The molecule has 0 bridgehead atoms. The Balaban J connectivity index is 4.57. The van der Waals surface area contributed by atoms with Crippen LogP contribution in [-0.2, 0) is 0 Å². The van der Waals surface area contributed by atoms with E-state index in [1.54, 1.807) is 0 Å². The molecule has 0 saturated carbocycles. The van der Waals surface area contributed by atoms with Crippen molar-refractivity contribution in [1.29, 1.82) is 0 Å². The van der Waals surface area contributed by atoms with E-state index in [2.05, 4.69) is 0 Å². The van der Waals surface area contributed by atoms with Crippen LogP contribution in [-0.4, -0.2) is 26.6 Å². The lowest BCUT2D eigenvalue weighted by atomic mass is 10.4. The molecule has 1 atom stereocenters. The summed E-state index contributed by atoms with van der Waals surface area (Å²) in [5, 5.41) is 0. The molecule has 1 unspecified atom stereocenters. The summed E-state index contributed by atoms with van der Waals surface area (Å²) in [6.07, 6.45) is -4.16. The van der Waals surface area contributed by atoms with Gasteiger partial charge in [-0.2, -0.15) is 8.78 Å².